The number of aryl methyl sites for hydroxylation is 1. The molecule has 15 nitrogen and oxygen atoms in total. The van der Waals surface area contributed by atoms with Crippen molar-refractivity contribution in [3.05, 3.63) is 62.7 Å². The molecule has 0 aliphatic carbocycles. The molecule has 1 spiro atoms. The number of esters is 3. The van der Waals surface area contributed by atoms with Crippen LogP contribution in [-0.2, 0) is 37.5 Å². The zero-order valence-corrected chi connectivity index (χ0v) is 37.3. The summed E-state index contributed by atoms with van der Waals surface area (Å²) in [5.41, 5.74) is 4.26. The van der Waals surface area contributed by atoms with E-state index in [4.69, 9.17) is 33.2 Å². The van der Waals surface area contributed by atoms with Crippen molar-refractivity contribution < 1.29 is 52.6 Å². The van der Waals surface area contributed by atoms with Crippen LogP contribution in [0.5, 0.6) is 40.2 Å². The van der Waals surface area contributed by atoms with Crippen molar-refractivity contribution in [3.63, 3.8) is 0 Å². The van der Waals surface area contributed by atoms with Crippen molar-refractivity contribution in [3.8, 4) is 46.3 Å². The largest absolute Gasteiger partial charge is 0.504 e. The molecule has 0 radical (unpaired) electrons. The molecule has 16 heteroatoms. The smallest absolute Gasteiger partial charge is 0.331 e. The molecule has 3 aromatic rings. The number of ether oxygens (including phenoxy) is 7. The first-order valence-corrected chi connectivity index (χ1v) is 22.9. The van der Waals surface area contributed by atoms with Crippen molar-refractivity contribution in [2.24, 2.45) is 0 Å². The zero-order valence-electron chi connectivity index (χ0n) is 36.5. The van der Waals surface area contributed by atoms with Gasteiger partial charge in [0.1, 0.15) is 18.4 Å². The fraction of sp³-hybridized carbons (Fsp3) is 0.532. The van der Waals surface area contributed by atoms with Crippen LogP contribution in [-0.4, -0.2) is 86.0 Å². The van der Waals surface area contributed by atoms with E-state index in [1.54, 1.807) is 12.1 Å². The summed E-state index contributed by atoms with van der Waals surface area (Å²) < 4.78 is 42.5. The van der Waals surface area contributed by atoms with E-state index < -0.39 is 46.9 Å². The van der Waals surface area contributed by atoms with E-state index in [-0.39, 0.29) is 43.3 Å². The van der Waals surface area contributed by atoms with Gasteiger partial charge in [-0.2, -0.15) is 5.26 Å². The molecular formula is C47H54N4O11S. The lowest BCUT2D eigenvalue weighted by molar-refractivity contribution is -0.155. The van der Waals surface area contributed by atoms with E-state index in [1.807, 2.05) is 19.9 Å². The van der Waals surface area contributed by atoms with Gasteiger partial charge in [0, 0.05) is 60.0 Å². The van der Waals surface area contributed by atoms with Gasteiger partial charge in [-0.3, -0.25) is 19.8 Å². The maximum atomic E-state index is 15.0. The molecule has 0 aromatic heterocycles. The predicted octanol–water partition coefficient (Wildman–Crippen LogP) is 6.21. The quantitative estimate of drug-likeness (QED) is 0.119. The average Bonchev–Trinajstić information content (AvgIpc) is 3.76. The molecular weight excluding hydrogens is 829 g/mol. The van der Waals surface area contributed by atoms with Crippen molar-refractivity contribution >= 4 is 29.7 Å². The number of hydrogen-bond donors (Lipinski definition) is 3. The Kier molecular flexibility index (Phi) is 11.7. The first-order chi connectivity index (χ1) is 30.5. The number of fused-ring (bicyclic) bond motifs is 9. The maximum Gasteiger partial charge on any atom is 0.331 e. The topological polar surface area (TPSA) is 187 Å². The van der Waals surface area contributed by atoms with E-state index in [2.05, 4.69) is 28.5 Å². The number of benzene rings is 3. The van der Waals surface area contributed by atoms with Gasteiger partial charge >= 0.3 is 17.9 Å². The Morgan fingerprint density at radius 1 is 0.984 bits per heavy atom. The summed E-state index contributed by atoms with van der Waals surface area (Å²) in [6.07, 6.45) is 6.27. The molecule has 3 aromatic carbocycles. The summed E-state index contributed by atoms with van der Waals surface area (Å²) in [6, 6.07) is 5.22. The molecule has 10 rings (SSSR count). The van der Waals surface area contributed by atoms with Gasteiger partial charge in [-0.1, -0.05) is 38.7 Å². The third-order valence-corrected chi connectivity index (χ3v) is 15.1. The van der Waals surface area contributed by atoms with Gasteiger partial charge in [0.25, 0.3) is 0 Å². The van der Waals surface area contributed by atoms with Gasteiger partial charge in [0.15, 0.2) is 40.0 Å². The second kappa shape index (κ2) is 17.1. The minimum Gasteiger partial charge on any atom is -0.504 e. The Morgan fingerprint density at radius 3 is 2.52 bits per heavy atom. The minimum absolute atomic E-state index is 0.0185. The highest BCUT2D eigenvalue weighted by molar-refractivity contribution is 7.99. The third kappa shape index (κ3) is 7.02. The zero-order chi connectivity index (χ0) is 44.3. The Bertz CT molecular complexity index is 2420. The highest BCUT2D eigenvalue weighted by Crippen LogP contribution is 2.63. The summed E-state index contributed by atoms with van der Waals surface area (Å²) in [6.45, 7) is 7.36. The van der Waals surface area contributed by atoms with Crippen LogP contribution in [0.3, 0.4) is 0 Å². The number of phenols is 1. The van der Waals surface area contributed by atoms with Crippen LogP contribution in [0.25, 0.3) is 0 Å². The standard InChI is InChI=1S/C47H54N4O11S/c1-7-8-9-10-11-12-34(53)62-33-17-26-13-14-49-47(28(26)18-32(33)56-5)21-63-45-37-36(44-43(59-22-60-44)24(3)42(37)61-25(4)52)31(20-58-46(47)55)51-30(19-48)29-16-27-15-23(2)41(57-6)40(54)35(27)38(50-29)39(45)51/h15,17-18,29-31,38-39,45,49-50,54H,7-14,16,20-22H2,1-6H3/t29-,30+,31+,38+,39?,45-,47-/m1/s1. The normalized spacial score (nSPS) is 26.3. The fourth-order valence-electron chi connectivity index (χ4n) is 10.9. The molecule has 0 saturated carbocycles. The van der Waals surface area contributed by atoms with Crippen LogP contribution < -0.4 is 39.1 Å². The lowest BCUT2D eigenvalue weighted by atomic mass is 9.72. The van der Waals surface area contributed by atoms with Crippen LogP contribution in [0.1, 0.15) is 114 Å². The first kappa shape index (κ1) is 43.1. The van der Waals surface area contributed by atoms with Crippen LogP contribution in [0.4, 0.5) is 0 Å². The summed E-state index contributed by atoms with van der Waals surface area (Å²) in [5.74, 6) is 0.901. The number of phenolic OH excluding ortho intramolecular Hbond substituents is 1. The number of piperazine rings is 1. The summed E-state index contributed by atoms with van der Waals surface area (Å²) in [7, 11) is 3.03. The number of nitrogens with one attached hydrogen (secondary N) is 2. The molecule has 2 saturated heterocycles. The Hall–Kier alpha value is -5.21. The molecule has 2 fully saturated rings. The van der Waals surface area contributed by atoms with Crippen molar-refractivity contribution in [2.45, 2.75) is 120 Å². The van der Waals surface area contributed by atoms with Gasteiger partial charge in [0.2, 0.25) is 6.79 Å². The van der Waals surface area contributed by atoms with Crippen LogP contribution >= 0.6 is 11.8 Å². The number of thioether (sulfide) groups is 1. The van der Waals surface area contributed by atoms with Crippen LogP contribution in [0.15, 0.2) is 18.2 Å². The van der Waals surface area contributed by atoms with E-state index in [0.717, 1.165) is 48.8 Å². The second-order valence-corrected chi connectivity index (χ2v) is 18.4. The van der Waals surface area contributed by atoms with Gasteiger partial charge in [-0.15, -0.1) is 11.8 Å². The second-order valence-electron chi connectivity index (χ2n) is 17.3. The van der Waals surface area contributed by atoms with E-state index in [1.165, 1.54) is 32.9 Å². The number of rotatable bonds is 10. The van der Waals surface area contributed by atoms with Gasteiger partial charge in [-0.05, 0) is 67.5 Å². The number of carbonyl (C=O) groups excluding carboxylic acids is 3. The lowest BCUT2D eigenvalue weighted by Crippen LogP contribution is -2.69. The number of methoxy groups -OCH3 is 2. The molecule has 0 amide bonds. The SMILES string of the molecule is CCCCCCCC(=O)Oc1cc2c(cc1OC)[C@@]1(CS[C@@H]3c4c(OC(C)=O)c(C)c5c(c4[C@H](COC1=O)N1C3[C@H]3N[C@H](Cc4cc(C)c(OC)c(O)c43)[C@@H]1C#N)OCO5)NCC2. The van der Waals surface area contributed by atoms with Crippen LogP contribution in [0, 0.1) is 25.2 Å². The van der Waals surface area contributed by atoms with E-state index in [9.17, 15) is 20.0 Å². The van der Waals surface area contributed by atoms with Crippen molar-refractivity contribution in [2.75, 3.05) is 39.9 Å². The number of hydrogen-bond acceptors (Lipinski definition) is 16. The molecule has 7 atom stereocenters. The number of carbonyl (C=O) groups is 3. The molecule has 7 aliphatic heterocycles. The molecule has 7 aliphatic rings. The average molecular weight is 883 g/mol. The molecule has 7 heterocycles. The number of unbranched alkanes of at least 4 members (excludes halogenated alkanes) is 4. The molecule has 4 bridgehead atoms. The number of nitrogens with zero attached hydrogens (tertiary/aromatic N) is 2. The Balaban J connectivity index is 1.20. The highest BCUT2D eigenvalue weighted by Gasteiger charge is 2.60. The summed E-state index contributed by atoms with van der Waals surface area (Å²) >= 11 is 1.47. The summed E-state index contributed by atoms with van der Waals surface area (Å²) in [4.78, 5) is 43.3. The van der Waals surface area contributed by atoms with Crippen LogP contribution in [0.2, 0.25) is 0 Å². The molecule has 334 valence electrons. The molecule has 63 heavy (non-hydrogen) atoms. The van der Waals surface area contributed by atoms with E-state index in [0.29, 0.717) is 81.7 Å². The van der Waals surface area contributed by atoms with Gasteiger partial charge in [-0.25, -0.2) is 4.79 Å². The fourth-order valence-corrected chi connectivity index (χ4v) is 12.6. The highest BCUT2D eigenvalue weighted by atomic mass is 32.2. The van der Waals surface area contributed by atoms with Crippen molar-refractivity contribution in [1.82, 2.24) is 15.5 Å². The number of aromatic hydroxyl groups is 1. The third-order valence-electron chi connectivity index (χ3n) is 13.6. The van der Waals surface area contributed by atoms with Crippen molar-refractivity contribution in [1.29, 1.82) is 5.26 Å². The predicted molar refractivity (Wildman–Crippen MR) is 231 cm³/mol. The first-order valence-electron chi connectivity index (χ1n) is 21.9. The monoisotopic (exact) mass is 882 g/mol. The molecule has 1 unspecified atom stereocenters. The lowest BCUT2D eigenvalue weighted by Gasteiger charge is -2.59. The Labute approximate surface area is 371 Å². The van der Waals surface area contributed by atoms with Gasteiger partial charge in [0.05, 0.1) is 37.6 Å². The number of nitriles is 1. The minimum atomic E-state index is -1.41. The summed E-state index contributed by atoms with van der Waals surface area (Å²) in [5, 5.41) is 29.9. The Morgan fingerprint density at radius 2 is 1.78 bits per heavy atom. The van der Waals surface area contributed by atoms with Gasteiger partial charge < -0.3 is 43.6 Å². The van der Waals surface area contributed by atoms with E-state index >= 15 is 4.79 Å². The maximum absolute atomic E-state index is 15.0. The molecule has 3 N–H and O–H groups in total.